The molecular formula is C25H37F2N. The zero-order valence-electron chi connectivity index (χ0n) is 18.4. The van der Waals surface area contributed by atoms with Crippen LogP contribution < -0.4 is 0 Å². The summed E-state index contributed by atoms with van der Waals surface area (Å²) in [6.07, 6.45) is 11.5. The lowest BCUT2D eigenvalue weighted by molar-refractivity contribution is 0.376. The van der Waals surface area contributed by atoms with Crippen LogP contribution in [0.4, 0.5) is 8.78 Å². The van der Waals surface area contributed by atoms with E-state index >= 15 is 0 Å². The second kappa shape index (κ2) is 12.6. The van der Waals surface area contributed by atoms with E-state index in [-0.39, 0.29) is 11.6 Å². The van der Waals surface area contributed by atoms with Crippen molar-refractivity contribution in [1.82, 2.24) is 0 Å². The molecule has 3 unspecified atom stereocenters. The van der Waals surface area contributed by atoms with Crippen LogP contribution in [-0.4, -0.2) is 11.8 Å². The Labute approximate surface area is 170 Å². The van der Waals surface area contributed by atoms with E-state index in [2.05, 4.69) is 44.0 Å². The van der Waals surface area contributed by atoms with Crippen LogP contribution >= 0.6 is 0 Å². The zero-order chi connectivity index (χ0) is 21.1. The third kappa shape index (κ3) is 6.39. The summed E-state index contributed by atoms with van der Waals surface area (Å²) >= 11 is 0. The number of rotatable bonds is 8. The van der Waals surface area contributed by atoms with Gasteiger partial charge in [0.15, 0.2) is 0 Å². The summed E-state index contributed by atoms with van der Waals surface area (Å²) in [4.78, 5) is 4.65. The molecule has 0 amide bonds. The van der Waals surface area contributed by atoms with Gasteiger partial charge in [-0.2, -0.15) is 0 Å². The first-order chi connectivity index (χ1) is 13.5. The smallest absolute Gasteiger partial charge is 0.135 e. The molecule has 1 aliphatic heterocycles. The van der Waals surface area contributed by atoms with Crippen LogP contribution in [-0.2, 0) is 0 Å². The van der Waals surface area contributed by atoms with E-state index in [1.165, 1.54) is 37.5 Å². The van der Waals surface area contributed by atoms with E-state index in [0.29, 0.717) is 24.0 Å². The molecule has 1 aromatic rings. The van der Waals surface area contributed by atoms with E-state index in [1.54, 1.807) is 0 Å². The Balaban J connectivity index is 0.00000190. The largest absolute Gasteiger partial charge is 0.281 e. The third-order valence-corrected chi connectivity index (χ3v) is 5.46. The molecule has 3 atom stereocenters. The first kappa shape index (κ1) is 24.3. The summed E-state index contributed by atoms with van der Waals surface area (Å²) in [6, 6.07) is 3.97. The topological polar surface area (TPSA) is 12.4 Å². The molecule has 3 heteroatoms. The van der Waals surface area contributed by atoms with Crippen LogP contribution in [0.15, 0.2) is 47.0 Å². The summed E-state index contributed by atoms with van der Waals surface area (Å²) in [5, 5.41) is 0. The first-order valence-electron chi connectivity index (χ1n) is 10.9. The average molecular weight is 390 g/mol. The van der Waals surface area contributed by atoms with E-state index in [4.69, 9.17) is 0 Å². The zero-order valence-corrected chi connectivity index (χ0v) is 18.4. The number of nitrogens with zero attached hydrogens (tertiary/aromatic N) is 1. The Morgan fingerprint density at radius 2 is 1.86 bits per heavy atom. The molecule has 0 N–H and O–H groups in total. The van der Waals surface area contributed by atoms with Crippen LogP contribution in [0.2, 0.25) is 0 Å². The van der Waals surface area contributed by atoms with E-state index in [0.717, 1.165) is 12.0 Å². The average Bonchev–Trinajstić information content (AvgIpc) is 3.17. The van der Waals surface area contributed by atoms with Gasteiger partial charge in [-0.1, -0.05) is 78.2 Å². The molecule has 0 aromatic heterocycles. The van der Waals surface area contributed by atoms with Gasteiger partial charge in [0.05, 0.1) is 11.6 Å². The van der Waals surface area contributed by atoms with Gasteiger partial charge in [0.1, 0.15) is 11.6 Å². The van der Waals surface area contributed by atoms with Crippen LogP contribution in [0.5, 0.6) is 0 Å². The minimum atomic E-state index is -0.527. The third-order valence-electron chi connectivity index (χ3n) is 5.46. The van der Waals surface area contributed by atoms with Crippen LogP contribution in [0.1, 0.15) is 79.2 Å². The summed E-state index contributed by atoms with van der Waals surface area (Å²) in [5.41, 5.74) is 1.72. The number of hydrogen-bond acceptors (Lipinski definition) is 1. The summed E-state index contributed by atoms with van der Waals surface area (Å²) in [6.45, 7) is 12.8. The molecule has 1 heterocycles. The highest BCUT2D eigenvalue weighted by Crippen LogP contribution is 2.28. The predicted octanol–water partition coefficient (Wildman–Crippen LogP) is 7.91. The van der Waals surface area contributed by atoms with Crippen molar-refractivity contribution < 1.29 is 8.78 Å². The second-order valence-electron chi connectivity index (χ2n) is 7.19. The van der Waals surface area contributed by atoms with Crippen LogP contribution in [0.25, 0.3) is 0 Å². The maximum Gasteiger partial charge on any atom is 0.135 e. The lowest BCUT2D eigenvalue weighted by Gasteiger charge is -2.19. The van der Waals surface area contributed by atoms with Crippen LogP contribution in [0.3, 0.4) is 0 Å². The number of halogens is 2. The number of allylic oxidation sites excluding steroid dienone is 2. The molecule has 0 bridgehead atoms. The maximum absolute atomic E-state index is 14.0. The fraction of sp³-hybridized carbons (Fsp3) is 0.560. The molecule has 1 aliphatic rings. The SMILES string of the molecule is C/C=C(\C=C/C(C)C(CC)CCC)C1CCC(c2c(F)cccc2F)=N1.CC. The van der Waals surface area contributed by atoms with Crippen molar-refractivity contribution in [2.75, 3.05) is 0 Å². The lowest BCUT2D eigenvalue weighted by atomic mass is 9.87. The predicted molar refractivity (Wildman–Crippen MR) is 118 cm³/mol. The van der Waals surface area contributed by atoms with Gasteiger partial charge in [-0.3, -0.25) is 4.99 Å². The Morgan fingerprint density at radius 1 is 1.21 bits per heavy atom. The monoisotopic (exact) mass is 389 g/mol. The fourth-order valence-electron chi connectivity index (χ4n) is 3.82. The fourth-order valence-corrected chi connectivity index (χ4v) is 3.82. The molecular weight excluding hydrogens is 352 g/mol. The molecule has 2 rings (SSSR count). The molecule has 0 spiro atoms. The molecule has 1 nitrogen and oxygen atoms in total. The van der Waals surface area contributed by atoms with E-state index in [1.807, 2.05) is 20.8 Å². The molecule has 0 saturated carbocycles. The van der Waals surface area contributed by atoms with Crippen molar-refractivity contribution in [2.45, 2.75) is 79.7 Å². The number of aliphatic imine (C=N–C) groups is 1. The second-order valence-corrected chi connectivity index (χ2v) is 7.19. The molecule has 0 aliphatic carbocycles. The molecule has 0 fully saturated rings. The standard InChI is InChI=1S/C23H31F2N.C2H6/c1-5-9-17(6-2)16(4)12-13-18(7-3)21-14-15-22(26-21)23-19(24)10-8-11-20(23)25;1-2/h7-8,10-13,16-17,21H,5-6,9,14-15H2,1-4H3;1-2H3/b13-12-,18-7+;. The summed E-state index contributed by atoms with van der Waals surface area (Å²) in [7, 11) is 0. The first-order valence-corrected chi connectivity index (χ1v) is 10.9. The van der Waals surface area contributed by atoms with Crippen molar-refractivity contribution in [1.29, 1.82) is 0 Å². The van der Waals surface area contributed by atoms with E-state index < -0.39 is 11.6 Å². The van der Waals surface area contributed by atoms with Gasteiger partial charge in [0, 0.05) is 5.71 Å². The van der Waals surface area contributed by atoms with Gasteiger partial charge in [0.25, 0.3) is 0 Å². The molecule has 28 heavy (non-hydrogen) atoms. The summed E-state index contributed by atoms with van der Waals surface area (Å²) < 4.78 is 28.0. The highest BCUT2D eigenvalue weighted by Gasteiger charge is 2.24. The van der Waals surface area contributed by atoms with Crippen LogP contribution in [0, 0.1) is 23.5 Å². The van der Waals surface area contributed by atoms with Crippen molar-refractivity contribution in [3.05, 3.63) is 59.2 Å². The minimum absolute atomic E-state index is 0.0105. The van der Waals surface area contributed by atoms with Crippen molar-refractivity contribution >= 4 is 5.71 Å². The highest BCUT2D eigenvalue weighted by atomic mass is 19.1. The van der Waals surface area contributed by atoms with Gasteiger partial charge >= 0.3 is 0 Å². The van der Waals surface area contributed by atoms with Gasteiger partial charge in [-0.15, -0.1) is 0 Å². The Bertz CT molecular complexity index is 668. The van der Waals surface area contributed by atoms with Gasteiger partial charge < -0.3 is 0 Å². The molecule has 1 aromatic carbocycles. The van der Waals surface area contributed by atoms with Crippen molar-refractivity contribution in [3.63, 3.8) is 0 Å². The molecule has 0 radical (unpaired) electrons. The lowest BCUT2D eigenvalue weighted by Crippen LogP contribution is -2.09. The highest BCUT2D eigenvalue weighted by molar-refractivity contribution is 6.02. The van der Waals surface area contributed by atoms with Gasteiger partial charge in [-0.25, -0.2) is 8.78 Å². The molecule has 156 valence electrons. The van der Waals surface area contributed by atoms with E-state index in [9.17, 15) is 8.78 Å². The number of benzene rings is 1. The quantitative estimate of drug-likeness (QED) is 0.401. The van der Waals surface area contributed by atoms with Crippen molar-refractivity contribution in [2.24, 2.45) is 16.8 Å². The number of hydrogen-bond donors (Lipinski definition) is 0. The summed E-state index contributed by atoms with van der Waals surface area (Å²) in [5.74, 6) is 0.162. The minimum Gasteiger partial charge on any atom is -0.281 e. The maximum atomic E-state index is 14.0. The normalized spacial score (nSPS) is 19.2. The van der Waals surface area contributed by atoms with Gasteiger partial charge in [-0.05, 0) is 49.3 Å². The Kier molecular flexibility index (Phi) is 11.0. The molecule has 0 saturated heterocycles. The van der Waals surface area contributed by atoms with Crippen molar-refractivity contribution in [3.8, 4) is 0 Å². The Hall–Kier alpha value is -1.77. The Morgan fingerprint density at radius 3 is 2.39 bits per heavy atom. The van der Waals surface area contributed by atoms with Gasteiger partial charge in [0.2, 0.25) is 0 Å².